The molecule has 19 heavy (non-hydrogen) atoms. The molecule has 0 saturated heterocycles. The van der Waals surface area contributed by atoms with E-state index >= 15 is 0 Å². The molecule has 3 N–H and O–H groups in total. The van der Waals surface area contributed by atoms with Crippen LogP contribution < -0.4 is 10.5 Å². The van der Waals surface area contributed by atoms with E-state index in [0.29, 0.717) is 6.42 Å². The topological polar surface area (TPSA) is 81.4 Å². The zero-order chi connectivity index (χ0) is 14.6. The van der Waals surface area contributed by atoms with Crippen LogP contribution >= 0.6 is 0 Å². The van der Waals surface area contributed by atoms with Gasteiger partial charge in [-0.1, -0.05) is 6.92 Å². The second kappa shape index (κ2) is 6.27. The van der Waals surface area contributed by atoms with Crippen LogP contribution in [0.15, 0.2) is 17.0 Å². The molecule has 1 aromatic carbocycles. The van der Waals surface area contributed by atoms with Gasteiger partial charge in [-0.2, -0.15) is 0 Å². The summed E-state index contributed by atoms with van der Waals surface area (Å²) in [6.07, 6.45) is 0.464. The Morgan fingerprint density at radius 3 is 2.58 bits per heavy atom. The summed E-state index contributed by atoms with van der Waals surface area (Å²) in [5.41, 5.74) is 4.32. The van der Waals surface area contributed by atoms with E-state index in [1.807, 2.05) is 0 Å². The van der Waals surface area contributed by atoms with Gasteiger partial charge >= 0.3 is 0 Å². The fourth-order valence-corrected chi connectivity index (χ4v) is 2.87. The first kappa shape index (κ1) is 15.8. The van der Waals surface area contributed by atoms with Crippen LogP contribution in [-0.2, 0) is 14.8 Å². The van der Waals surface area contributed by atoms with Gasteiger partial charge in [0, 0.05) is 13.2 Å². The number of nitrogens with one attached hydrogen (secondary N) is 1. The van der Waals surface area contributed by atoms with E-state index in [9.17, 15) is 17.2 Å². The molecule has 108 valence electrons. The average Bonchev–Trinajstić information content (AvgIpc) is 2.34. The summed E-state index contributed by atoms with van der Waals surface area (Å²) in [5.74, 6) is -2.29. The molecule has 1 unspecified atom stereocenters. The molecule has 1 atom stereocenters. The molecule has 0 aliphatic heterocycles. The third kappa shape index (κ3) is 3.62. The molecule has 0 radical (unpaired) electrons. The lowest BCUT2D eigenvalue weighted by molar-refractivity contribution is 0.173. The number of halogens is 2. The maximum Gasteiger partial charge on any atom is 0.243 e. The molecule has 0 saturated carbocycles. The van der Waals surface area contributed by atoms with Gasteiger partial charge in [0.1, 0.15) is 16.4 Å². The first-order valence-corrected chi connectivity index (χ1v) is 7.06. The molecule has 8 heteroatoms. The van der Waals surface area contributed by atoms with Crippen LogP contribution in [-0.4, -0.2) is 28.2 Å². The molecule has 0 bridgehead atoms. The van der Waals surface area contributed by atoms with Crippen LogP contribution in [0.5, 0.6) is 0 Å². The van der Waals surface area contributed by atoms with Crippen molar-refractivity contribution in [1.29, 1.82) is 0 Å². The minimum atomic E-state index is -4.12. The lowest BCUT2D eigenvalue weighted by atomic mass is 10.3. The highest BCUT2D eigenvalue weighted by molar-refractivity contribution is 7.89. The van der Waals surface area contributed by atoms with E-state index in [4.69, 9.17) is 10.5 Å². The monoisotopic (exact) mass is 294 g/mol. The molecule has 0 spiro atoms. The SMILES string of the molecule is CCC(COC)NS(=O)(=O)c1ccc(F)c(N)c1F. The van der Waals surface area contributed by atoms with Crippen LogP contribution in [0.3, 0.4) is 0 Å². The van der Waals surface area contributed by atoms with Crippen LogP contribution in [0.1, 0.15) is 13.3 Å². The van der Waals surface area contributed by atoms with Crippen molar-refractivity contribution in [3.05, 3.63) is 23.8 Å². The lowest BCUT2D eigenvalue weighted by Gasteiger charge is -2.16. The highest BCUT2D eigenvalue weighted by Crippen LogP contribution is 2.22. The second-order valence-corrected chi connectivity index (χ2v) is 5.64. The number of rotatable bonds is 6. The number of ether oxygens (including phenoxy) is 1. The Balaban J connectivity index is 3.10. The molecule has 1 rings (SSSR count). The van der Waals surface area contributed by atoms with Crippen molar-refractivity contribution in [2.75, 3.05) is 19.5 Å². The Labute approximate surface area is 110 Å². The van der Waals surface area contributed by atoms with E-state index < -0.39 is 38.3 Å². The summed E-state index contributed by atoms with van der Waals surface area (Å²) < 4.78 is 57.8. The van der Waals surface area contributed by atoms with Crippen molar-refractivity contribution in [2.24, 2.45) is 0 Å². The minimum Gasteiger partial charge on any atom is -0.394 e. The van der Waals surface area contributed by atoms with E-state index in [1.54, 1.807) is 6.92 Å². The fourth-order valence-electron chi connectivity index (χ4n) is 1.48. The predicted molar refractivity (Wildman–Crippen MR) is 67.0 cm³/mol. The van der Waals surface area contributed by atoms with Gasteiger partial charge in [-0.3, -0.25) is 0 Å². The third-order valence-corrected chi connectivity index (χ3v) is 4.10. The maximum atomic E-state index is 13.7. The highest BCUT2D eigenvalue weighted by atomic mass is 32.2. The molecule has 0 heterocycles. The minimum absolute atomic E-state index is 0.147. The van der Waals surface area contributed by atoms with Gasteiger partial charge in [0.2, 0.25) is 10.0 Å². The van der Waals surface area contributed by atoms with E-state index in [0.717, 1.165) is 12.1 Å². The quantitative estimate of drug-likeness (QED) is 0.774. The van der Waals surface area contributed by atoms with Crippen molar-refractivity contribution < 1.29 is 21.9 Å². The molecule has 0 aliphatic rings. The number of anilines is 1. The predicted octanol–water partition coefficient (Wildman–Crippen LogP) is 1.25. The third-order valence-electron chi connectivity index (χ3n) is 2.56. The van der Waals surface area contributed by atoms with Crippen LogP contribution in [0.25, 0.3) is 0 Å². The average molecular weight is 294 g/mol. The maximum absolute atomic E-state index is 13.7. The Morgan fingerprint density at radius 2 is 2.05 bits per heavy atom. The molecular formula is C11H16F2N2O3S. The van der Waals surface area contributed by atoms with Crippen molar-refractivity contribution in [1.82, 2.24) is 4.72 Å². The molecule has 5 nitrogen and oxygen atoms in total. The van der Waals surface area contributed by atoms with Crippen molar-refractivity contribution in [3.63, 3.8) is 0 Å². The van der Waals surface area contributed by atoms with Crippen molar-refractivity contribution in [2.45, 2.75) is 24.3 Å². The molecule has 0 aliphatic carbocycles. The van der Waals surface area contributed by atoms with Crippen LogP contribution in [0, 0.1) is 11.6 Å². The number of benzene rings is 1. The van der Waals surface area contributed by atoms with E-state index in [2.05, 4.69) is 4.72 Å². The summed E-state index contributed by atoms with van der Waals surface area (Å²) in [6.45, 7) is 1.90. The molecule has 0 fully saturated rings. The number of nitrogen functional groups attached to an aromatic ring is 1. The molecule has 0 aromatic heterocycles. The Bertz CT molecular complexity index is 549. The molecular weight excluding hydrogens is 278 g/mol. The number of hydrogen-bond donors (Lipinski definition) is 2. The van der Waals surface area contributed by atoms with E-state index in [1.165, 1.54) is 7.11 Å². The largest absolute Gasteiger partial charge is 0.394 e. The molecule has 0 amide bonds. The summed E-state index contributed by atoms with van der Waals surface area (Å²) in [4.78, 5) is -0.680. The lowest BCUT2D eigenvalue weighted by Crippen LogP contribution is -2.37. The van der Waals surface area contributed by atoms with Crippen LogP contribution in [0.2, 0.25) is 0 Å². The molecule has 1 aromatic rings. The first-order chi connectivity index (χ1) is 8.83. The Hall–Kier alpha value is -1.25. The zero-order valence-electron chi connectivity index (χ0n) is 10.6. The second-order valence-electron chi connectivity index (χ2n) is 3.95. The Kier molecular flexibility index (Phi) is 5.21. The summed E-state index contributed by atoms with van der Waals surface area (Å²) in [6, 6.07) is 1.15. The smallest absolute Gasteiger partial charge is 0.243 e. The van der Waals surface area contributed by atoms with Gasteiger partial charge in [0.25, 0.3) is 0 Å². The number of sulfonamides is 1. The Morgan fingerprint density at radius 1 is 1.42 bits per heavy atom. The normalized spacial score (nSPS) is 13.5. The summed E-state index contributed by atoms with van der Waals surface area (Å²) >= 11 is 0. The number of methoxy groups -OCH3 is 1. The van der Waals surface area contributed by atoms with Gasteiger partial charge in [0.15, 0.2) is 5.82 Å². The number of hydrogen-bond acceptors (Lipinski definition) is 4. The number of nitrogens with two attached hydrogens (primary N) is 1. The van der Waals surface area contributed by atoms with Crippen molar-refractivity contribution in [3.8, 4) is 0 Å². The highest BCUT2D eigenvalue weighted by Gasteiger charge is 2.25. The van der Waals surface area contributed by atoms with Gasteiger partial charge in [-0.15, -0.1) is 0 Å². The van der Waals surface area contributed by atoms with E-state index in [-0.39, 0.29) is 6.61 Å². The zero-order valence-corrected chi connectivity index (χ0v) is 11.4. The fraction of sp³-hybridized carbons (Fsp3) is 0.455. The summed E-state index contributed by atoms with van der Waals surface area (Å²) in [5, 5.41) is 0. The summed E-state index contributed by atoms with van der Waals surface area (Å²) in [7, 11) is -2.69. The van der Waals surface area contributed by atoms with Gasteiger partial charge in [-0.05, 0) is 18.6 Å². The standard InChI is InChI=1S/C11H16F2N2O3S/c1-3-7(6-18-2)15-19(16,17)9-5-4-8(12)11(14)10(9)13/h4-5,7,15H,3,6,14H2,1-2H3. The van der Waals surface area contributed by atoms with Crippen LogP contribution in [0.4, 0.5) is 14.5 Å². The first-order valence-electron chi connectivity index (χ1n) is 5.58. The van der Waals surface area contributed by atoms with Gasteiger partial charge in [0.05, 0.1) is 6.61 Å². The van der Waals surface area contributed by atoms with Gasteiger partial charge < -0.3 is 10.5 Å². The van der Waals surface area contributed by atoms with Crippen molar-refractivity contribution >= 4 is 15.7 Å². The van der Waals surface area contributed by atoms with Gasteiger partial charge in [-0.25, -0.2) is 21.9 Å².